The quantitative estimate of drug-likeness (QED) is 0.843. The number of nitrogens with one attached hydrogen (secondary N) is 1. The van der Waals surface area contributed by atoms with Gasteiger partial charge in [0.05, 0.1) is 16.3 Å². The number of benzene rings is 2. The van der Waals surface area contributed by atoms with Crippen molar-refractivity contribution in [3.63, 3.8) is 0 Å². The van der Waals surface area contributed by atoms with Gasteiger partial charge in [-0.15, -0.1) is 0 Å². The van der Waals surface area contributed by atoms with Crippen molar-refractivity contribution in [1.82, 2.24) is 4.31 Å². The van der Waals surface area contributed by atoms with Crippen molar-refractivity contribution >= 4 is 33.2 Å². The molecule has 0 saturated carbocycles. The molecular weight excluding hydrogens is 376 g/mol. The van der Waals surface area contributed by atoms with Gasteiger partial charge in [-0.2, -0.15) is 4.31 Å². The van der Waals surface area contributed by atoms with Crippen LogP contribution in [0.15, 0.2) is 35.2 Å². The van der Waals surface area contributed by atoms with Gasteiger partial charge in [0.15, 0.2) is 5.75 Å². The molecule has 8 heteroatoms. The molecule has 2 heterocycles. The number of halogens is 1. The average Bonchev–Trinajstić information content (AvgIpc) is 3.08. The van der Waals surface area contributed by atoms with Gasteiger partial charge in [0.2, 0.25) is 10.0 Å². The Hall–Kier alpha value is -2.09. The number of sulfonamides is 1. The number of hydrogen-bond acceptors (Lipinski definition) is 4. The van der Waals surface area contributed by atoms with E-state index < -0.39 is 15.9 Å². The number of amides is 1. The van der Waals surface area contributed by atoms with Crippen LogP contribution in [0.4, 0.5) is 5.69 Å². The first-order valence-corrected chi connectivity index (χ1v) is 10.1. The third-order valence-electron chi connectivity index (χ3n) is 4.56. The standard InChI is InChI=1S/C18H17ClN2O4S/c1-11-4-5-15-14(8-11)20-18(22)12-9-17(13(19)10-16(12)25-15)26(23,24)21-6-2-3-7-21/h4-5,8-10H,2-3,6-7H2,1H3,(H,20,22). The molecule has 0 aliphatic carbocycles. The van der Waals surface area contributed by atoms with Crippen LogP contribution in [0.1, 0.15) is 28.8 Å². The lowest BCUT2D eigenvalue weighted by molar-refractivity contribution is 0.102. The molecular formula is C18H17ClN2O4S. The van der Waals surface area contributed by atoms with Gasteiger partial charge in [-0.1, -0.05) is 17.7 Å². The molecule has 2 aromatic rings. The van der Waals surface area contributed by atoms with Gasteiger partial charge in [0.25, 0.3) is 5.91 Å². The molecule has 0 atom stereocenters. The molecule has 6 nitrogen and oxygen atoms in total. The van der Waals surface area contributed by atoms with E-state index in [1.165, 1.54) is 16.4 Å². The average molecular weight is 393 g/mol. The number of ether oxygens (including phenoxy) is 1. The van der Waals surface area contributed by atoms with E-state index in [2.05, 4.69) is 5.32 Å². The van der Waals surface area contributed by atoms with Crippen molar-refractivity contribution in [2.75, 3.05) is 18.4 Å². The van der Waals surface area contributed by atoms with Gasteiger partial charge >= 0.3 is 0 Å². The highest BCUT2D eigenvalue weighted by molar-refractivity contribution is 7.89. The van der Waals surface area contributed by atoms with Gasteiger partial charge in [-0.05, 0) is 43.5 Å². The fourth-order valence-electron chi connectivity index (χ4n) is 3.20. The Balaban J connectivity index is 1.81. The van der Waals surface area contributed by atoms with Gasteiger partial charge in [0.1, 0.15) is 10.6 Å². The molecule has 0 spiro atoms. The summed E-state index contributed by atoms with van der Waals surface area (Å²) in [6.07, 6.45) is 1.64. The van der Waals surface area contributed by atoms with Gasteiger partial charge in [0, 0.05) is 19.2 Å². The zero-order valence-electron chi connectivity index (χ0n) is 14.1. The lowest BCUT2D eigenvalue weighted by atomic mass is 10.2. The Bertz CT molecular complexity index is 1010. The first-order chi connectivity index (χ1) is 12.4. The van der Waals surface area contributed by atoms with E-state index in [-0.39, 0.29) is 21.2 Å². The predicted octanol–water partition coefficient (Wildman–Crippen LogP) is 3.79. The smallest absolute Gasteiger partial charge is 0.259 e. The summed E-state index contributed by atoms with van der Waals surface area (Å²) in [7, 11) is -3.75. The summed E-state index contributed by atoms with van der Waals surface area (Å²) < 4.78 is 33.0. The van der Waals surface area contributed by atoms with E-state index >= 15 is 0 Å². The second kappa shape index (κ2) is 6.26. The molecule has 1 amide bonds. The number of carbonyl (C=O) groups is 1. The van der Waals surface area contributed by atoms with Gasteiger partial charge in [-0.25, -0.2) is 8.42 Å². The number of carbonyl (C=O) groups excluding carboxylic acids is 1. The van der Waals surface area contributed by atoms with Crippen LogP contribution in [0.2, 0.25) is 5.02 Å². The minimum Gasteiger partial charge on any atom is -0.454 e. The summed E-state index contributed by atoms with van der Waals surface area (Å²) in [6, 6.07) is 8.11. The van der Waals surface area contributed by atoms with Crippen LogP contribution in [-0.2, 0) is 10.0 Å². The van der Waals surface area contributed by atoms with E-state index in [9.17, 15) is 13.2 Å². The lowest BCUT2D eigenvalue weighted by Crippen LogP contribution is -2.28. The van der Waals surface area contributed by atoms with Crippen LogP contribution in [-0.4, -0.2) is 31.7 Å². The minimum absolute atomic E-state index is 0.0408. The maximum Gasteiger partial charge on any atom is 0.259 e. The zero-order chi connectivity index (χ0) is 18.5. The summed E-state index contributed by atoms with van der Waals surface area (Å²) >= 11 is 6.26. The third kappa shape index (κ3) is 2.86. The monoisotopic (exact) mass is 392 g/mol. The van der Waals surface area contributed by atoms with E-state index in [0.29, 0.717) is 24.5 Å². The van der Waals surface area contributed by atoms with E-state index in [0.717, 1.165) is 18.4 Å². The highest BCUT2D eigenvalue weighted by atomic mass is 35.5. The summed E-state index contributed by atoms with van der Waals surface area (Å²) in [6.45, 7) is 2.83. The zero-order valence-corrected chi connectivity index (χ0v) is 15.7. The molecule has 1 N–H and O–H groups in total. The first-order valence-electron chi connectivity index (χ1n) is 8.30. The third-order valence-corrected chi connectivity index (χ3v) is 6.93. The summed E-state index contributed by atoms with van der Waals surface area (Å²) in [5.74, 6) is 0.281. The summed E-state index contributed by atoms with van der Waals surface area (Å²) in [5, 5.41) is 2.81. The molecule has 2 aliphatic heterocycles. The molecule has 0 bridgehead atoms. The lowest BCUT2D eigenvalue weighted by Gasteiger charge is -2.17. The molecule has 1 saturated heterocycles. The number of nitrogens with zero attached hydrogens (tertiary/aromatic N) is 1. The van der Waals surface area contributed by atoms with Crippen molar-refractivity contribution in [2.45, 2.75) is 24.7 Å². The molecule has 2 aliphatic rings. The van der Waals surface area contributed by atoms with Crippen LogP contribution >= 0.6 is 11.6 Å². The second-order valence-corrected chi connectivity index (χ2v) is 8.76. The molecule has 0 unspecified atom stereocenters. The van der Waals surface area contributed by atoms with Crippen LogP contribution in [0.3, 0.4) is 0 Å². The number of anilines is 1. The molecule has 0 radical (unpaired) electrons. The number of aryl methyl sites for hydroxylation is 1. The largest absolute Gasteiger partial charge is 0.454 e. The highest BCUT2D eigenvalue weighted by Gasteiger charge is 2.32. The molecule has 136 valence electrons. The van der Waals surface area contributed by atoms with Gasteiger partial charge < -0.3 is 10.1 Å². The molecule has 0 aromatic heterocycles. The predicted molar refractivity (Wildman–Crippen MR) is 98.7 cm³/mol. The molecule has 4 rings (SSSR count). The minimum atomic E-state index is -3.75. The van der Waals surface area contributed by atoms with Crippen LogP contribution in [0.5, 0.6) is 11.5 Å². The number of fused-ring (bicyclic) bond motifs is 2. The van der Waals surface area contributed by atoms with Crippen LogP contribution in [0.25, 0.3) is 0 Å². The SMILES string of the molecule is Cc1ccc2c(c1)NC(=O)c1cc(S(=O)(=O)N3CCCC3)c(Cl)cc1O2. The van der Waals surface area contributed by atoms with Crippen molar-refractivity contribution in [3.05, 3.63) is 46.5 Å². The Morgan fingerprint density at radius 3 is 2.58 bits per heavy atom. The van der Waals surface area contributed by atoms with E-state index in [1.807, 2.05) is 13.0 Å². The Morgan fingerprint density at radius 2 is 1.85 bits per heavy atom. The maximum absolute atomic E-state index is 12.9. The second-order valence-electron chi connectivity index (χ2n) is 6.45. The maximum atomic E-state index is 12.9. The van der Waals surface area contributed by atoms with Crippen molar-refractivity contribution in [2.24, 2.45) is 0 Å². The molecule has 2 aromatic carbocycles. The molecule has 1 fully saturated rings. The van der Waals surface area contributed by atoms with Crippen molar-refractivity contribution < 1.29 is 17.9 Å². The summed E-state index contributed by atoms with van der Waals surface area (Å²) in [5.41, 5.74) is 1.64. The Kier molecular flexibility index (Phi) is 4.17. The topological polar surface area (TPSA) is 75.7 Å². The Labute approximate surface area is 156 Å². The number of rotatable bonds is 2. The fraction of sp³-hybridized carbons (Fsp3) is 0.278. The van der Waals surface area contributed by atoms with Crippen LogP contribution < -0.4 is 10.1 Å². The van der Waals surface area contributed by atoms with Crippen molar-refractivity contribution in [1.29, 1.82) is 0 Å². The fourth-order valence-corrected chi connectivity index (χ4v) is 5.24. The van der Waals surface area contributed by atoms with Gasteiger partial charge in [-0.3, -0.25) is 4.79 Å². The van der Waals surface area contributed by atoms with E-state index in [1.54, 1.807) is 12.1 Å². The van der Waals surface area contributed by atoms with Crippen LogP contribution in [0, 0.1) is 6.92 Å². The molecule has 26 heavy (non-hydrogen) atoms. The number of hydrogen-bond donors (Lipinski definition) is 1. The highest BCUT2D eigenvalue weighted by Crippen LogP contribution is 2.40. The van der Waals surface area contributed by atoms with Crippen molar-refractivity contribution in [3.8, 4) is 11.5 Å². The normalized spacial score (nSPS) is 17.1. The Morgan fingerprint density at radius 1 is 1.12 bits per heavy atom. The van der Waals surface area contributed by atoms with E-state index in [4.69, 9.17) is 16.3 Å². The first kappa shape index (κ1) is 17.3. The summed E-state index contributed by atoms with van der Waals surface area (Å²) in [4.78, 5) is 12.6.